The van der Waals surface area contributed by atoms with Crippen molar-refractivity contribution >= 4 is 32.9 Å². The first-order valence-corrected chi connectivity index (χ1v) is 9.70. The number of alkyl halides is 3. The van der Waals surface area contributed by atoms with E-state index in [-0.39, 0.29) is 11.3 Å². The lowest BCUT2D eigenvalue weighted by Crippen LogP contribution is -2.20. The van der Waals surface area contributed by atoms with Gasteiger partial charge >= 0.3 is 12.1 Å². The molecule has 0 amide bonds. The summed E-state index contributed by atoms with van der Waals surface area (Å²) in [5.41, 5.74) is 0.441. The van der Waals surface area contributed by atoms with Crippen molar-refractivity contribution in [2.24, 2.45) is 0 Å². The second-order valence-corrected chi connectivity index (χ2v) is 7.47. The van der Waals surface area contributed by atoms with Crippen LogP contribution in [-0.4, -0.2) is 26.1 Å². The highest BCUT2D eigenvalue weighted by Crippen LogP contribution is 2.34. The molecule has 1 unspecified atom stereocenters. The van der Waals surface area contributed by atoms with Crippen molar-refractivity contribution < 1.29 is 27.8 Å². The molecule has 0 spiro atoms. The average molecular weight is 492 g/mol. The molecule has 4 rings (SSSR count). The van der Waals surface area contributed by atoms with E-state index in [1.807, 2.05) is 0 Å². The van der Waals surface area contributed by atoms with Gasteiger partial charge in [-0.2, -0.15) is 13.2 Å². The van der Waals surface area contributed by atoms with Crippen LogP contribution in [0.15, 0.2) is 71.2 Å². The molecule has 0 aliphatic carbocycles. The van der Waals surface area contributed by atoms with Crippen LogP contribution in [0.3, 0.4) is 0 Å². The first kappa shape index (κ1) is 20.9. The standard InChI is InChI=1S/C21H13BrF3N3O3/c22-14-8-9-18(17(11-14)28-26-15-6-1-2-7-16(15)27-28)31-19(20(29)30)12-4-3-5-13(10-12)21(23,24)25/h1-11,19H,(H,29,30). The van der Waals surface area contributed by atoms with Crippen molar-refractivity contribution in [3.05, 3.63) is 82.3 Å². The maximum atomic E-state index is 13.1. The first-order valence-electron chi connectivity index (χ1n) is 8.91. The van der Waals surface area contributed by atoms with Crippen LogP contribution in [0.2, 0.25) is 0 Å². The van der Waals surface area contributed by atoms with E-state index in [4.69, 9.17) is 4.74 Å². The predicted octanol–water partition coefficient (Wildman–Crippen LogP) is 5.41. The van der Waals surface area contributed by atoms with Crippen LogP contribution < -0.4 is 4.74 Å². The lowest BCUT2D eigenvalue weighted by atomic mass is 10.1. The van der Waals surface area contributed by atoms with Gasteiger partial charge in [0.1, 0.15) is 22.5 Å². The maximum absolute atomic E-state index is 13.1. The fraction of sp³-hybridized carbons (Fsp3) is 0.0952. The molecular weight excluding hydrogens is 479 g/mol. The van der Waals surface area contributed by atoms with Gasteiger partial charge in [0.2, 0.25) is 6.10 Å². The Kier molecular flexibility index (Phi) is 5.40. The second kappa shape index (κ2) is 8.03. The van der Waals surface area contributed by atoms with Crippen LogP contribution in [0.1, 0.15) is 17.2 Å². The molecule has 1 N–H and O–H groups in total. The fourth-order valence-corrected chi connectivity index (χ4v) is 3.33. The molecule has 3 aromatic carbocycles. The minimum absolute atomic E-state index is 0.0910. The highest BCUT2D eigenvalue weighted by atomic mass is 79.9. The number of halogens is 4. The van der Waals surface area contributed by atoms with Crippen LogP contribution in [0, 0.1) is 0 Å². The summed E-state index contributed by atoms with van der Waals surface area (Å²) in [7, 11) is 0. The third-order valence-electron chi connectivity index (χ3n) is 4.41. The predicted molar refractivity (Wildman–Crippen MR) is 109 cm³/mol. The molecule has 4 aromatic rings. The number of carbonyl (C=O) groups is 1. The minimum atomic E-state index is -4.61. The SMILES string of the molecule is O=C(O)C(Oc1ccc(Br)cc1-n1nc2ccccc2n1)c1cccc(C(F)(F)F)c1. The molecule has 0 fully saturated rings. The van der Waals surface area contributed by atoms with Crippen molar-refractivity contribution in [3.63, 3.8) is 0 Å². The molecule has 0 bridgehead atoms. The molecule has 6 nitrogen and oxygen atoms in total. The average Bonchev–Trinajstić information content (AvgIpc) is 3.16. The first-order chi connectivity index (χ1) is 14.7. The van der Waals surface area contributed by atoms with E-state index in [1.54, 1.807) is 36.4 Å². The second-order valence-electron chi connectivity index (χ2n) is 6.55. The van der Waals surface area contributed by atoms with Crippen LogP contribution in [-0.2, 0) is 11.0 Å². The highest BCUT2D eigenvalue weighted by Gasteiger charge is 2.32. The van der Waals surface area contributed by atoms with Gasteiger partial charge in [-0.1, -0.05) is 40.2 Å². The number of ether oxygens (including phenoxy) is 1. The molecule has 10 heteroatoms. The third kappa shape index (κ3) is 4.38. The summed E-state index contributed by atoms with van der Waals surface area (Å²) in [6.07, 6.45) is -6.28. The highest BCUT2D eigenvalue weighted by molar-refractivity contribution is 9.10. The zero-order valence-corrected chi connectivity index (χ0v) is 17.1. The van der Waals surface area contributed by atoms with Crippen molar-refractivity contribution in [2.75, 3.05) is 0 Å². The minimum Gasteiger partial charge on any atom is -0.478 e. The van der Waals surface area contributed by atoms with E-state index >= 15 is 0 Å². The van der Waals surface area contributed by atoms with Crippen molar-refractivity contribution in [1.82, 2.24) is 15.0 Å². The molecule has 0 saturated heterocycles. The van der Waals surface area contributed by atoms with Crippen molar-refractivity contribution in [1.29, 1.82) is 0 Å². The molecular formula is C21H13BrF3N3O3. The zero-order chi connectivity index (χ0) is 22.2. The van der Waals surface area contributed by atoms with Gasteiger partial charge in [-0.3, -0.25) is 0 Å². The Morgan fingerprint density at radius 2 is 1.68 bits per heavy atom. The quantitative estimate of drug-likeness (QED) is 0.404. The molecule has 1 atom stereocenters. The number of carboxylic acid groups (broad SMARTS) is 1. The van der Waals surface area contributed by atoms with E-state index in [2.05, 4.69) is 26.1 Å². The van der Waals surface area contributed by atoms with Gasteiger partial charge in [-0.05, 0) is 42.5 Å². The topological polar surface area (TPSA) is 77.2 Å². The van der Waals surface area contributed by atoms with E-state index in [0.29, 0.717) is 21.2 Å². The summed E-state index contributed by atoms with van der Waals surface area (Å²) >= 11 is 3.34. The summed E-state index contributed by atoms with van der Waals surface area (Å²) in [6.45, 7) is 0. The van der Waals surface area contributed by atoms with Crippen LogP contribution in [0.25, 0.3) is 16.7 Å². The number of hydrogen-bond acceptors (Lipinski definition) is 4. The summed E-state index contributed by atoms with van der Waals surface area (Å²) in [5.74, 6) is -1.35. The van der Waals surface area contributed by atoms with E-state index in [1.165, 1.54) is 16.9 Å². The molecule has 31 heavy (non-hydrogen) atoms. The monoisotopic (exact) mass is 491 g/mol. The third-order valence-corrected chi connectivity index (χ3v) is 4.90. The number of nitrogens with zero attached hydrogens (tertiary/aromatic N) is 3. The van der Waals surface area contributed by atoms with Crippen LogP contribution >= 0.6 is 15.9 Å². The number of rotatable bonds is 5. The number of aliphatic carboxylic acids is 1. The maximum Gasteiger partial charge on any atom is 0.416 e. The van der Waals surface area contributed by atoms with E-state index < -0.39 is 23.8 Å². The number of hydrogen-bond donors (Lipinski definition) is 1. The Balaban J connectivity index is 1.76. The Bertz CT molecular complexity index is 1240. The molecule has 0 aliphatic heterocycles. The van der Waals surface area contributed by atoms with E-state index in [0.717, 1.165) is 18.2 Å². The van der Waals surface area contributed by atoms with E-state index in [9.17, 15) is 23.1 Å². The normalized spacial score (nSPS) is 12.6. The molecule has 0 saturated carbocycles. The Morgan fingerprint density at radius 1 is 1.00 bits per heavy atom. The zero-order valence-electron chi connectivity index (χ0n) is 15.5. The Hall–Kier alpha value is -3.40. The van der Waals surface area contributed by atoms with Gasteiger partial charge in [0.25, 0.3) is 0 Å². The smallest absolute Gasteiger partial charge is 0.416 e. The lowest BCUT2D eigenvalue weighted by Gasteiger charge is -2.19. The summed E-state index contributed by atoms with van der Waals surface area (Å²) in [4.78, 5) is 13.2. The van der Waals surface area contributed by atoms with Gasteiger partial charge in [0.05, 0.1) is 5.56 Å². The number of aromatic nitrogens is 3. The molecule has 1 aromatic heterocycles. The van der Waals surface area contributed by atoms with Crippen LogP contribution in [0.4, 0.5) is 13.2 Å². The summed E-state index contributed by atoms with van der Waals surface area (Å²) in [6, 6.07) is 15.9. The van der Waals surface area contributed by atoms with Gasteiger partial charge < -0.3 is 9.84 Å². The largest absolute Gasteiger partial charge is 0.478 e. The fourth-order valence-electron chi connectivity index (χ4n) is 2.98. The van der Waals surface area contributed by atoms with Crippen molar-refractivity contribution in [2.45, 2.75) is 12.3 Å². The number of carboxylic acids is 1. The summed E-state index contributed by atoms with van der Waals surface area (Å²) < 4.78 is 45.6. The van der Waals surface area contributed by atoms with Gasteiger partial charge in [-0.15, -0.1) is 15.0 Å². The molecule has 0 radical (unpaired) electrons. The number of fused-ring (bicyclic) bond motifs is 1. The van der Waals surface area contributed by atoms with Crippen molar-refractivity contribution in [3.8, 4) is 11.4 Å². The lowest BCUT2D eigenvalue weighted by molar-refractivity contribution is -0.146. The summed E-state index contributed by atoms with van der Waals surface area (Å²) in [5, 5.41) is 18.4. The van der Waals surface area contributed by atoms with Gasteiger partial charge in [-0.25, -0.2) is 4.79 Å². The van der Waals surface area contributed by atoms with Crippen LogP contribution in [0.5, 0.6) is 5.75 Å². The van der Waals surface area contributed by atoms with Gasteiger partial charge in [0, 0.05) is 10.0 Å². The van der Waals surface area contributed by atoms with Gasteiger partial charge in [0.15, 0.2) is 0 Å². The number of benzene rings is 3. The molecule has 0 aliphatic rings. The Morgan fingerprint density at radius 3 is 2.29 bits per heavy atom. The molecule has 158 valence electrons. The Labute approximate surface area is 182 Å². The molecule has 1 heterocycles.